The fourth-order valence-electron chi connectivity index (χ4n) is 1.68. The third-order valence-corrected chi connectivity index (χ3v) is 2.68. The minimum Gasteiger partial charge on any atom is -0.508 e. The molecule has 0 radical (unpaired) electrons. The summed E-state index contributed by atoms with van der Waals surface area (Å²) in [6, 6.07) is 12.3. The first-order valence-electron chi connectivity index (χ1n) is 5.64. The first-order chi connectivity index (χ1) is 9.11. The second-order valence-corrected chi connectivity index (χ2v) is 3.95. The molecule has 0 fully saturated rings. The minimum atomic E-state index is -0.486. The summed E-state index contributed by atoms with van der Waals surface area (Å²) in [6.45, 7) is 0. The summed E-state index contributed by atoms with van der Waals surface area (Å²) in [5, 5.41) is 9.19. The monoisotopic (exact) mass is 256 g/mol. The van der Waals surface area contributed by atoms with Crippen molar-refractivity contribution in [3.63, 3.8) is 0 Å². The Morgan fingerprint density at radius 3 is 2.21 bits per heavy atom. The number of methoxy groups -OCH3 is 1. The Labute approximate surface area is 110 Å². The van der Waals surface area contributed by atoms with Gasteiger partial charge in [-0.15, -0.1) is 0 Å². The molecule has 0 amide bonds. The van der Waals surface area contributed by atoms with E-state index < -0.39 is 5.97 Å². The molecular formula is C15H12O4. The van der Waals surface area contributed by atoms with Gasteiger partial charge in [0, 0.05) is 11.1 Å². The van der Waals surface area contributed by atoms with Gasteiger partial charge in [0.15, 0.2) is 5.78 Å². The zero-order valence-corrected chi connectivity index (χ0v) is 10.3. The largest absolute Gasteiger partial charge is 0.508 e. The van der Waals surface area contributed by atoms with Gasteiger partial charge >= 0.3 is 5.97 Å². The lowest BCUT2D eigenvalue weighted by atomic mass is 10.0. The molecule has 0 aromatic heterocycles. The zero-order chi connectivity index (χ0) is 13.8. The average molecular weight is 256 g/mol. The molecule has 1 N–H and O–H groups in total. The van der Waals surface area contributed by atoms with Crippen molar-refractivity contribution >= 4 is 11.8 Å². The number of hydrogen-bond donors (Lipinski definition) is 1. The molecule has 4 heteroatoms. The lowest BCUT2D eigenvalue weighted by Gasteiger charge is -2.04. The zero-order valence-electron chi connectivity index (χ0n) is 10.3. The van der Waals surface area contributed by atoms with E-state index in [4.69, 9.17) is 0 Å². The molecule has 96 valence electrons. The highest BCUT2D eigenvalue weighted by atomic mass is 16.5. The highest BCUT2D eigenvalue weighted by Gasteiger charge is 2.12. The number of hydrogen-bond acceptors (Lipinski definition) is 4. The number of phenolic OH excluding ortho intramolecular Hbond substituents is 1. The maximum atomic E-state index is 12.2. The quantitative estimate of drug-likeness (QED) is 0.676. The number of ketones is 1. The minimum absolute atomic E-state index is 0.0971. The Balaban J connectivity index is 2.34. The Morgan fingerprint density at radius 2 is 1.58 bits per heavy atom. The number of rotatable bonds is 3. The Bertz CT molecular complexity index is 614. The molecule has 0 heterocycles. The van der Waals surface area contributed by atoms with Crippen LogP contribution >= 0.6 is 0 Å². The molecule has 0 saturated carbocycles. The van der Waals surface area contributed by atoms with Gasteiger partial charge in [0.05, 0.1) is 12.7 Å². The van der Waals surface area contributed by atoms with E-state index in [0.717, 1.165) is 0 Å². The van der Waals surface area contributed by atoms with Gasteiger partial charge in [-0.1, -0.05) is 12.1 Å². The summed E-state index contributed by atoms with van der Waals surface area (Å²) in [4.78, 5) is 23.6. The number of phenols is 1. The van der Waals surface area contributed by atoms with Crippen molar-refractivity contribution in [1.29, 1.82) is 0 Å². The van der Waals surface area contributed by atoms with Gasteiger partial charge < -0.3 is 9.84 Å². The molecular weight excluding hydrogens is 244 g/mol. The molecule has 2 aromatic carbocycles. The SMILES string of the molecule is COC(=O)c1cccc(C(=O)c2ccc(O)cc2)c1. The highest BCUT2D eigenvalue weighted by molar-refractivity contribution is 6.10. The normalized spacial score (nSPS) is 9.95. The fourth-order valence-corrected chi connectivity index (χ4v) is 1.68. The third kappa shape index (κ3) is 2.80. The van der Waals surface area contributed by atoms with Crippen LogP contribution in [0.1, 0.15) is 26.3 Å². The number of carbonyl (C=O) groups is 2. The van der Waals surface area contributed by atoms with Crippen molar-refractivity contribution in [2.24, 2.45) is 0 Å². The predicted octanol–water partition coefficient (Wildman–Crippen LogP) is 2.41. The molecule has 0 unspecified atom stereocenters. The summed E-state index contributed by atoms with van der Waals surface area (Å²) in [6.07, 6.45) is 0. The first kappa shape index (κ1) is 12.8. The third-order valence-electron chi connectivity index (χ3n) is 2.68. The van der Waals surface area contributed by atoms with Gasteiger partial charge in [-0.25, -0.2) is 4.79 Å². The van der Waals surface area contributed by atoms with E-state index in [1.54, 1.807) is 18.2 Å². The second-order valence-electron chi connectivity index (χ2n) is 3.95. The van der Waals surface area contributed by atoms with Crippen LogP contribution in [-0.4, -0.2) is 24.0 Å². The van der Waals surface area contributed by atoms with Crippen LogP contribution in [0.25, 0.3) is 0 Å². The smallest absolute Gasteiger partial charge is 0.337 e. The average Bonchev–Trinajstić information content (AvgIpc) is 2.46. The molecule has 0 saturated heterocycles. The van der Waals surface area contributed by atoms with Gasteiger partial charge in [0.1, 0.15) is 5.75 Å². The predicted molar refractivity (Wildman–Crippen MR) is 69.3 cm³/mol. The molecule has 19 heavy (non-hydrogen) atoms. The fraction of sp³-hybridized carbons (Fsp3) is 0.0667. The summed E-state index contributed by atoms with van der Waals surface area (Å²) in [5.74, 6) is -0.606. The molecule has 2 rings (SSSR count). The van der Waals surface area contributed by atoms with Crippen LogP contribution < -0.4 is 0 Å². The standard InChI is InChI=1S/C15H12O4/c1-19-15(18)12-4-2-3-11(9-12)14(17)10-5-7-13(16)8-6-10/h2-9,16H,1H3. The summed E-state index contributed by atoms with van der Waals surface area (Å²) in [5.41, 5.74) is 1.17. The summed E-state index contributed by atoms with van der Waals surface area (Å²) >= 11 is 0. The van der Waals surface area contributed by atoms with Crippen LogP contribution in [-0.2, 0) is 4.74 Å². The lowest BCUT2D eigenvalue weighted by molar-refractivity contribution is 0.0600. The van der Waals surface area contributed by atoms with Crippen molar-refractivity contribution in [2.75, 3.05) is 7.11 Å². The van der Waals surface area contributed by atoms with Crippen LogP contribution in [0.15, 0.2) is 48.5 Å². The number of ether oxygens (including phenoxy) is 1. The van der Waals surface area contributed by atoms with Crippen molar-refractivity contribution in [2.45, 2.75) is 0 Å². The highest BCUT2D eigenvalue weighted by Crippen LogP contribution is 2.15. The molecule has 0 aliphatic rings. The number of carbonyl (C=O) groups excluding carboxylic acids is 2. The number of benzene rings is 2. The Morgan fingerprint density at radius 1 is 0.947 bits per heavy atom. The molecule has 0 aliphatic heterocycles. The molecule has 0 aliphatic carbocycles. The van der Waals surface area contributed by atoms with Gasteiger partial charge in [-0.2, -0.15) is 0 Å². The van der Waals surface area contributed by atoms with E-state index >= 15 is 0 Å². The topological polar surface area (TPSA) is 63.6 Å². The van der Waals surface area contributed by atoms with Crippen LogP contribution in [0, 0.1) is 0 Å². The maximum absolute atomic E-state index is 12.2. The van der Waals surface area contributed by atoms with E-state index in [9.17, 15) is 14.7 Å². The molecule has 4 nitrogen and oxygen atoms in total. The number of esters is 1. The molecule has 0 atom stereocenters. The van der Waals surface area contributed by atoms with Gasteiger partial charge in [-0.3, -0.25) is 4.79 Å². The van der Waals surface area contributed by atoms with Crippen LogP contribution in [0.5, 0.6) is 5.75 Å². The Hall–Kier alpha value is -2.62. The lowest BCUT2D eigenvalue weighted by Crippen LogP contribution is -2.05. The molecule has 2 aromatic rings. The summed E-state index contributed by atoms with van der Waals surface area (Å²) < 4.78 is 4.61. The molecule has 0 bridgehead atoms. The van der Waals surface area contributed by atoms with Crippen molar-refractivity contribution < 1.29 is 19.4 Å². The van der Waals surface area contributed by atoms with Gasteiger partial charge in [0.2, 0.25) is 0 Å². The number of aromatic hydroxyl groups is 1. The first-order valence-corrected chi connectivity index (χ1v) is 5.64. The second kappa shape index (κ2) is 5.35. The summed E-state index contributed by atoms with van der Waals surface area (Å²) in [7, 11) is 1.29. The van der Waals surface area contributed by atoms with E-state index in [1.807, 2.05) is 0 Å². The Kier molecular flexibility index (Phi) is 3.61. The van der Waals surface area contributed by atoms with Gasteiger partial charge in [-0.05, 0) is 36.4 Å². The van der Waals surface area contributed by atoms with Gasteiger partial charge in [0.25, 0.3) is 0 Å². The van der Waals surface area contributed by atoms with Crippen molar-refractivity contribution in [3.8, 4) is 5.75 Å². The van der Waals surface area contributed by atoms with E-state index in [1.165, 1.54) is 37.4 Å². The van der Waals surface area contributed by atoms with Crippen LogP contribution in [0.2, 0.25) is 0 Å². The van der Waals surface area contributed by atoms with Crippen LogP contribution in [0.3, 0.4) is 0 Å². The molecule has 0 spiro atoms. The van der Waals surface area contributed by atoms with E-state index in [-0.39, 0.29) is 11.5 Å². The van der Waals surface area contributed by atoms with E-state index in [0.29, 0.717) is 16.7 Å². The van der Waals surface area contributed by atoms with E-state index in [2.05, 4.69) is 4.74 Å². The van der Waals surface area contributed by atoms with Crippen molar-refractivity contribution in [3.05, 3.63) is 65.2 Å². The van der Waals surface area contributed by atoms with Crippen LogP contribution in [0.4, 0.5) is 0 Å². The maximum Gasteiger partial charge on any atom is 0.337 e. The van der Waals surface area contributed by atoms with Crippen molar-refractivity contribution in [1.82, 2.24) is 0 Å².